The molecule has 1 N–H and O–H groups in total. The molecule has 0 aliphatic heterocycles. The first kappa shape index (κ1) is 21.4. The zero-order valence-electron chi connectivity index (χ0n) is 16.7. The van der Waals surface area contributed by atoms with Crippen LogP contribution in [0.5, 0.6) is 0 Å². The Bertz CT molecular complexity index is 405. The molecular formula is C20H39O4P. The summed E-state index contributed by atoms with van der Waals surface area (Å²) < 4.78 is 23.8. The van der Waals surface area contributed by atoms with Crippen molar-refractivity contribution in [2.24, 2.45) is 23.7 Å². The topological polar surface area (TPSA) is 55.8 Å². The number of phosphoric acid groups is 1. The number of rotatable bonds is 8. The summed E-state index contributed by atoms with van der Waals surface area (Å²) >= 11 is 0. The van der Waals surface area contributed by atoms with Crippen LogP contribution in [-0.2, 0) is 13.6 Å². The molecule has 0 amide bonds. The minimum atomic E-state index is -3.96. The summed E-state index contributed by atoms with van der Waals surface area (Å²) in [5.74, 6) is 2.68. The van der Waals surface area contributed by atoms with Gasteiger partial charge in [0.05, 0.1) is 12.2 Å². The first-order valence-corrected chi connectivity index (χ1v) is 12.1. The maximum Gasteiger partial charge on any atom is 0.472 e. The largest absolute Gasteiger partial charge is 0.472 e. The van der Waals surface area contributed by atoms with E-state index in [4.69, 9.17) is 9.05 Å². The predicted molar refractivity (Wildman–Crippen MR) is 102 cm³/mol. The van der Waals surface area contributed by atoms with Gasteiger partial charge in [-0.3, -0.25) is 9.05 Å². The van der Waals surface area contributed by atoms with Gasteiger partial charge in [0.2, 0.25) is 0 Å². The molecule has 0 heterocycles. The molecule has 6 unspecified atom stereocenters. The predicted octanol–water partition coefficient (Wildman–Crippen LogP) is 6.33. The Balaban J connectivity index is 1.86. The summed E-state index contributed by atoms with van der Waals surface area (Å²) in [7, 11) is -3.96. The first-order chi connectivity index (χ1) is 11.9. The van der Waals surface area contributed by atoms with Gasteiger partial charge in [-0.25, -0.2) is 4.57 Å². The molecule has 6 atom stereocenters. The highest BCUT2D eigenvalue weighted by Gasteiger charge is 2.37. The maximum atomic E-state index is 12.6. The Hall–Kier alpha value is 0.110. The lowest BCUT2D eigenvalue weighted by molar-refractivity contribution is 0.0113. The lowest BCUT2D eigenvalue weighted by atomic mass is 9.75. The van der Waals surface area contributed by atoms with Gasteiger partial charge in [0.15, 0.2) is 0 Å². The molecule has 0 aromatic rings. The highest BCUT2D eigenvalue weighted by atomic mass is 31.2. The Labute approximate surface area is 154 Å². The van der Waals surface area contributed by atoms with Crippen molar-refractivity contribution in [3.63, 3.8) is 0 Å². The van der Waals surface area contributed by atoms with E-state index >= 15 is 0 Å². The van der Waals surface area contributed by atoms with Crippen molar-refractivity contribution < 1.29 is 18.5 Å². The second kappa shape index (κ2) is 9.88. The summed E-state index contributed by atoms with van der Waals surface area (Å²) in [6.07, 6.45) is 10.1. The fourth-order valence-corrected chi connectivity index (χ4v) is 6.42. The van der Waals surface area contributed by atoms with Gasteiger partial charge in [-0.15, -0.1) is 0 Å². The zero-order valence-corrected chi connectivity index (χ0v) is 17.5. The van der Waals surface area contributed by atoms with Gasteiger partial charge >= 0.3 is 7.82 Å². The molecule has 148 valence electrons. The molecule has 0 saturated heterocycles. The van der Waals surface area contributed by atoms with Crippen LogP contribution in [0.2, 0.25) is 0 Å². The van der Waals surface area contributed by atoms with Gasteiger partial charge in [0, 0.05) is 0 Å². The van der Waals surface area contributed by atoms with Crippen LogP contribution in [0.1, 0.15) is 91.9 Å². The molecule has 5 heteroatoms. The minimum Gasteiger partial charge on any atom is -0.302 e. The Morgan fingerprint density at radius 1 is 0.720 bits per heavy atom. The molecule has 0 radical (unpaired) electrons. The van der Waals surface area contributed by atoms with Crippen molar-refractivity contribution in [1.29, 1.82) is 0 Å². The number of hydrogen-bond donors (Lipinski definition) is 1. The molecule has 2 fully saturated rings. The normalized spacial score (nSPS) is 39.1. The van der Waals surface area contributed by atoms with Crippen molar-refractivity contribution >= 4 is 7.82 Å². The van der Waals surface area contributed by atoms with E-state index in [1.54, 1.807) is 0 Å². The molecule has 2 aliphatic carbocycles. The average molecular weight is 375 g/mol. The van der Waals surface area contributed by atoms with Crippen LogP contribution in [0, 0.1) is 23.7 Å². The van der Waals surface area contributed by atoms with Crippen molar-refractivity contribution in [1.82, 2.24) is 0 Å². The van der Waals surface area contributed by atoms with E-state index in [0.29, 0.717) is 11.8 Å². The Morgan fingerprint density at radius 2 is 1.08 bits per heavy atom. The Morgan fingerprint density at radius 3 is 1.40 bits per heavy atom. The summed E-state index contributed by atoms with van der Waals surface area (Å²) in [5, 5.41) is 0. The van der Waals surface area contributed by atoms with Crippen LogP contribution < -0.4 is 0 Å². The third kappa shape index (κ3) is 6.06. The van der Waals surface area contributed by atoms with Crippen LogP contribution in [0.25, 0.3) is 0 Å². The van der Waals surface area contributed by atoms with Crippen LogP contribution in [0.4, 0.5) is 0 Å². The lowest BCUT2D eigenvalue weighted by Crippen LogP contribution is -2.31. The molecule has 0 aromatic carbocycles. The van der Waals surface area contributed by atoms with E-state index in [-0.39, 0.29) is 12.2 Å². The zero-order chi connectivity index (χ0) is 18.4. The molecule has 2 rings (SSSR count). The second-order valence-electron chi connectivity index (χ2n) is 8.22. The second-order valence-corrected chi connectivity index (χ2v) is 9.58. The summed E-state index contributed by atoms with van der Waals surface area (Å²) in [6.45, 7) is 8.90. The molecule has 2 aliphatic rings. The summed E-state index contributed by atoms with van der Waals surface area (Å²) in [6, 6.07) is 0. The van der Waals surface area contributed by atoms with E-state index < -0.39 is 7.82 Å². The molecule has 0 bridgehead atoms. The smallest absolute Gasteiger partial charge is 0.302 e. The van der Waals surface area contributed by atoms with Gasteiger partial charge in [-0.05, 0) is 62.2 Å². The van der Waals surface area contributed by atoms with E-state index in [1.165, 1.54) is 12.8 Å². The highest BCUT2D eigenvalue weighted by molar-refractivity contribution is 7.47. The lowest BCUT2D eigenvalue weighted by Gasteiger charge is -2.37. The van der Waals surface area contributed by atoms with Crippen LogP contribution >= 0.6 is 7.82 Å². The van der Waals surface area contributed by atoms with Crippen molar-refractivity contribution in [3.8, 4) is 0 Å². The third-order valence-electron chi connectivity index (χ3n) is 6.85. The van der Waals surface area contributed by atoms with Gasteiger partial charge < -0.3 is 4.89 Å². The van der Waals surface area contributed by atoms with E-state index in [2.05, 4.69) is 27.7 Å². The average Bonchev–Trinajstić information content (AvgIpc) is 2.60. The first-order valence-electron chi connectivity index (χ1n) is 10.6. The van der Waals surface area contributed by atoms with Crippen molar-refractivity contribution in [2.75, 3.05) is 0 Å². The highest BCUT2D eigenvalue weighted by Crippen LogP contribution is 2.51. The molecule has 0 aromatic heterocycles. The van der Waals surface area contributed by atoms with E-state index in [0.717, 1.165) is 63.2 Å². The number of hydrogen-bond acceptors (Lipinski definition) is 3. The van der Waals surface area contributed by atoms with Crippen molar-refractivity contribution in [2.45, 2.75) is 104 Å². The van der Waals surface area contributed by atoms with Crippen molar-refractivity contribution in [3.05, 3.63) is 0 Å². The minimum absolute atomic E-state index is 0.127. The molecule has 25 heavy (non-hydrogen) atoms. The quantitative estimate of drug-likeness (QED) is 0.504. The standard InChI is InChI=1S/C20H39O4P/c1-5-15-9-11-19(13-17(15)7-3)23-25(21,22)24-20-12-10-16(6-2)18(8-4)14-20/h15-20H,5-14H2,1-4H3,(H,21,22). The van der Waals surface area contributed by atoms with Gasteiger partial charge in [-0.2, -0.15) is 0 Å². The molecular weight excluding hydrogens is 335 g/mol. The fraction of sp³-hybridized carbons (Fsp3) is 1.00. The molecule has 2 saturated carbocycles. The monoisotopic (exact) mass is 374 g/mol. The Kier molecular flexibility index (Phi) is 8.46. The fourth-order valence-electron chi connectivity index (χ4n) is 5.24. The van der Waals surface area contributed by atoms with E-state index in [1.807, 2.05) is 0 Å². The molecule has 4 nitrogen and oxygen atoms in total. The van der Waals surface area contributed by atoms with Crippen LogP contribution in [0.15, 0.2) is 0 Å². The SMILES string of the molecule is CCC1CCC(OP(=O)(O)OC2CCC(CC)C(CC)C2)CC1CC. The summed E-state index contributed by atoms with van der Waals surface area (Å²) in [4.78, 5) is 10.3. The van der Waals surface area contributed by atoms with Crippen LogP contribution in [0.3, 0.4) is 0 Å². The van der Waals surface area contributed by atoms with Gasteiger partial charge in [0.25, 0.3) is 0 Å². The van der Waals surface area contributed by atoms with E-state index in [9.17, 15) is 9.46 Å². The molecule has 0 spiro atoms. The third-order valence-corrected chi connectivity index (χ3v) is 7.97. The van der Waals surface area contributed by atoms with Crippen LogP contribution in [-0.4, -0.2) is 17.1 Å². The summed E-state index contributed by atoms with van der Waals surface area (Å²) in [5.41, 5.74) is 0. The van der Waals surface area contributed by atoms with Gasteiger partial charge in [0.1, 0.15) is 0 Å². The maximum absolute atomic E-state index is 12.6. The number of phosphoric ester groups is 1. The van der Waals surface area contributed by atoms with Gasteiger partial charge in [-0.1, -0.05) is 53.4 Å².